The van der Waals surface area contributed by atoms with Crippen molar-refractivity contribution in [2.75, 3.05) is 19.0 Å². The van der Waals surface area contributed by atoms with Crippen LogP contribution in [0.5, 0.6) is 0 Å². The fraction of sp³-hybridized carbons (Fsp3) is 0.500. The van der Waals surface area contributed by atoms with Gasteiger partial charge in [0.1, 0.15) is 0 Å². The number of nitrogens with zero attached hydrogens (tertiary/aromatic N) is 1. The van der Waals surface area contributed by atoms with Crippen LogP contribution in [0.1, 0.15) is 54.4 Å². The summed E-state index contributed by atoms with van der Waals surface area (Å²) in [5.74, 6) is -1.50. The molecule has 0 aliphatic carbocycles. The zero-order valence-corrected chi connectivity index (χ0v) is 25.5. The monoisotopic (exact) mass is 573 g/mol. The molecule has 39 heavy (non-hydrogen) atoms. The average molecular weight is 574 g/mol. The first kappa shape index (κ1) is 30.9. The van der Waals surface area contributed by atoms with Crippen molar-refractivity contribution in [3.63, 3.8) is 0 Å². The second kappa shape index (κ2) is 11.8. The Balaban J connectivity index is 2.14. The van der Waals surface area contributed by atoms with E-state index in [1.54, 1.807) is 0 Å². The SMILES string of the molecule is CC(C)(C)COC(=O)[C@@]1(CC(=O)CCl)C[C@H](O[Si](c2ccccc2)(c2ccccc2)C(C)(C)C)CN1C(=O)O. The van der Waals surface area contributed by atoms with E-state index < -0.39 is 37.8 Å². The van der Waals surface area contributed by atoms with Crippen LogP contribution in [0.15, 0.2) is 60.7 Å². The molecule has 2 atom stereocenters. The number of Topliss-reactive ketones (excluding diaryl/α,β-unsaturated/α-hetero) is 1. The van der Waals surface area contributed by atoms with Gasteiger partial charge in [-0.25, -0.2) is 9.59 Å². The Hall–Kier alpha value is -2.68. The lowest BCUT2D eigenvalue weighted by molar-refractivity contribution is -0.160. The second-order valence-electron chi connectivity index (χ2n) is 12.5. The lowest BCUT2D eigenvalue weighted by Gasteiger charge is -2.44. The molecule has 1 saturated heterocycles. The molecule has 0 spiro atoms. The first-order chi connectivity index (χ1) is 18.2. The van der Waals surface area contributed by atoms with Crippen LogP contribution in [0.2, 0.25) is 5.04 Å². The van der Waals surface area contributed by atoms with Gasteiger partial charge in [-0.2, -0.15) is 0 Å². The highest BCUT2D eigenvalue weighted by Gasteiger charge is 2.59. The number of hydrogen-bond donors (Lipinski definition) is 1. The number of amides is 1. The highest BCUT2D eigenvalue weighted by Crippen LogP contribution is 2.42. The Morgan fingerprint density at radius 3 is 1.90 bits per heavy atom. The van der Waals surface area contributed by atoms with Crippen molar-refractivity contribution >= 4 is 48.1 Å². The topological polar surface area (TPSA) is 93.1 Å². The summed E-state index contributed by atoms with van der Waals surface area (Å²) < 4.78 is 12.8. The minimum atomic E-state index is -3.06. The van der Waals surface area contributed by atoms with Gasteiger partial charge in [0.25, 0.3) is 8.32 Å². The number of carbonyl (C=O) groups excluding carboxylic acids is 2. The van der Waals surface area contributed by atoms with Gasteiger partial charge in [0.15, 0.2) is 11.3 Å². The third kappa shape index (κ3) is 6.56. The number of ketones is 1. The fourth-order valence-electron chi connectivity index (χ4n) is 5.43. The Labute approximate surface area is 237 Å². The van der Waals surface area contributed by atoms with Crippen molar-refractivity contribution in [3.05, 3.63) is 60.7 Å². The van der Waals surface area contributed by atoms with Crippen LogP contribution >= 0.6 is 11.6 Å². The molecule has 0 saturated carbocycles. The number of likely N-dealkylation sites (tertiary alicyclic amines) is 1. The summed E-state index contributed by atoms with van der Waals surface area (Å²) in [6.07, 6.45) is -2.33. The van der Waals surface area contributed by atoms with Crippen LogP contribution in [-0.4, -0.2) is 66.8 Å². The summed E-state index contributed by atoms with van der Waals surface area (Å²) in [7, 11) is -3.06. The highest BCUT2D eigenvalue weighted by atomic mass is 35.5. The van der Waals surface area contributed by atoms with Gasteiger partial charge in [0.2, 0.25) is 0 Å². The summed E-state index contributed by atoms with van der Waals surface area (Å²) in [4.78, 5) is 39.9. The first-order valence-corrected chi connectivity index (χ1v) is 15.6. The van der Waals surface area contributed by atoms with E-state index in [1.165, 1.54) is 0 Å². The molecule has 0 aromatic heterocycles. The normalized spacial score (nSPS) is 20.1. The lowest BCUT2D eigenvalue weighted by Crippen LogP contribution is -2.67. The van der Waals surface area contributed by atoms with Gasteiger partial charge in [-0.05, 0) is 20.8 Å². The summed E-state index contributed by atoms with van der Waals surface area (Å²) in [5.41, 5.74) is -2.07. The molecule has 1 aliphatic rings. The zero-order valence-electron chi connectivity index (χ0n) is 23.7. The number of benzene rings is 2. The van der Waals surface area contributed by atoms with Crippen LogP contribution in [0.4, 0.5) is 4.79 Å². The Kier molecular flexibility index (Phi) is 9.35. The average Bonchev–Trinajstić information content (AvgIpc) is 3.24. The van der Waals surface area contributed by atoms with Crippen LogP contribution in [0, 0.1) is 5.41 Å². The minimum absolute atomic E-state index is 0.00456. The fourth-order valence-corrected chi connectivity index (χ4v) is 10.2. The summed E-state index contributed by atoms with van der Waals surface area (Å²) in [6, 6.07) is 20.0. The summed E-state index contributed by atoms with van der Waals surface area (Å²) in [6.45, 7) is 12.1. The van der Waals surface area contributed by atoms with Crippen molar-refractivity contribution in [1.29, 1.82) is 0 Å². The molecule has 3 rings (SSSR count). The molecule has 1 aliphatic heterocycles. The van der Waals surface area contributed by atoms with E-state index in [4.69, 9.17) is 20.8 Å². The number of ether oxygens (including phenoxy) is 1. The van der Waals surface area contributed by atoms with Crippen molar-refractivity contribution < 1.29 is 28.7 Å². The molecular weight excluding hydrogens is 534 g/mol. The van der Waals surface area contributed by atoms with Gasteiger partial charge < -0.3 is 14.3 Å². The molecule has 2 aromatic carbocycles. The zero-order chi connectivity index (χ0) is 29.1. The summed E-state index contributed by atoms with van der Waals surface area (Å²) in [5, 5.41) is 12.0. The summed E-state index contributed by atoms with van der Waals surface area (Å²) >= 11 is 5.84. The number of esters is 1. The Morgan fingerprint density at radius 2 is 1.49 bits per heavy atom. The molecular formula is C30H40ClNO6Si. The smallest absolute Gasteiger partial charge is 0.408 e. The Morgan fingerprint density at radius 1 is 0.974 bits per heavy atom. The standard InChI is InChI=1S/C30H40ClNO6Si/c1-28(2,3)21-37-26(34)30(17-22(33)19-31)18-23(20-32(30)27(35)36)38-39(29(4,5)6,24-13-9-7-10-14-24)25-15-11-8-12-16-25/h7-16,23H,17-21H2,1-6H3,(H,35,36)/t23-,30+/m0/s1. The molecule has 0 bridgehead atoms. The van der Waals surface area contributed by atoms with Crippen molar-refractivity contribution in [3.8, 4) is 0 Å². The molecule has 1 N–H and O–H groups in total. The van der Waals surface area contributed by atoms with Crippen LogP contribution in [0.25, 0.3) is 0 Å². The van der Waals surface area contributed by atoms with Gasteiger partial charge in [-0.15, -0.1) is 11.6 Å². The highest BCUT2D eigenvalue weighted by molar-refractivity contribution is 6.99. The van der Waals surface area contributed by atoms with Gasteiger partial charge in [-0.3, -0.25) is 9.69 Å². The quantitative estimate of drug-likeness (QED) is 0.262. The predicted molar refractivity (Wildman–Crippen MR) is 155 cm³/mol. The van der Waals surface area contributed by atoms with E-state index in [9.17, 15) is 19.5 Å². The van der Waals surface area contributed by atoms with Crippen LogP contribution in [0.3, 0.4) is 0 Å². The molecule has 2 aromatic rings. The third-order valence-electron chi connectivity index (χ3n) is 7.11. The van der Waals surface area contributed by atoms with Crippen molar-refractivity contribution in [2.24, 2.45) is 5.41 Å². The van der Waals surface area contributed by atoms with E-state index in [0.29, 0.717) is 0 Å². The molecule has 1 fully saturated rings. The molecule has 1 heterocycles. The first-order valence-electron chi connectivity index (χ1n) is 13.2. The number of carboxylic acid groups (broad SMARTS) is 1. The number of alkyl halides is 1. The van der Waals surface area contributed by atoms with E-state index in [1.807, 2.05) is 57.2 Å². The molecule has 0 radical (unpaired) electrons. The maximum Gasteiger partial charge on any atom is 0.408 e. The molecule has 7 nitrogen and oxygen atoms in total. The van der Waals surface area contributed by atoms with Gasteiger partial charge in [-0.1, -0.05) is 102 Å². The van der Waals surface area contributed by atoms with Gasteiger partial charge in [0, 0.05) is 12.8 Å². The molecule has 0 unspecified atom stereocenters. The third-order valence-corrected chi connectivity index (χ3v) is 12.5. The number of halogens is 1. The van der Waals surface area contributed by atoms with Gasteiger partial charge >= 0.3 is 12.1 Å². The number of carbonyl (C=O) groups is 3. The lowest BCUT2D eigenvalue weighted by atomic mass is 9.89. The van der Waals surface area contributed by atoms with E-state index in [0.717, 1.165) is 15.3 Å². The molecule has 212 valence electrons. The molecule has 9 heteroatoms. The maximum atomic E-state index is 13.7. The number of rotatable bonds is 9. The van der Waals surface area contributed by atoms with Crippen molar-refractivity contribution in [1.82, 2.24) is 4.90 Å². The number of hydrogen-bond acceptors (Lipinski definition) is 5. The second-order valence-corrected chi connectivity index (χ2v) is 17.0. The minimum Gasteiger partial charge on any atom is -0.465 e. The van der Waals surface area contributed by atoms with E-state index >= 15 is 0 Å². The van der Waals surface area contributed by atoms with Crippen molar-refractivity contribution in [2.45, 2.75) is 71.1 Å². The maximum absolute atomic E-state index is 13.7. The van der Waals surface area contributed by atoms with Crippen LogP contribution < -0.4 is 10.4 Å². The predicted octanol–water partition coefficient (Wildman–Crippen LogP) is 4.84. The van der Waals surface area contributed by atoms with E-state index in [-0.39, 0.29) is 42.3 Å². The van der Waals surface area contributed by atoms with Gasteiger partial charge in [0.05, 0.1) is 25.1 Å². The largest absolute Gasteiger partial charge is 0.465 e. The van der Waals surface area contributed by atoms with E-state index in [2.05, 4.69) is 45.0 Å². The van der Waals surface area contributed by atoms with Crippen LogP contribution in [-0.2, 0) is 18.8 Å². The molecule has 1 amide bonds. The Bertz CT molecular complexity index is 1120.